The zero-order valence-corrected chi connectivity index (χ0v) is 10.0. The molecule has 0 bridgehead atoms. The molecule has 17 heavy (non-hydrogen) atoms. The molecule has 0 aliphatic heterocycles. The van der Waals surface area contributed by atoms with Crippen molar-refractivity contribution in [3.05, 3.63) is 23.5 Å². The van der Waals surface area contributed by atoms with Crippen molar-refractivity contribution in [1.29, 1.82) is 0 Å². The molecule has 1 saturated carbocycles. The van der Waals surface area contributed by atoms with Crippen LogP contribution in [0.3, 0.4) is 0 Å². The van der Waals surface area contributed by atoms with Gasteiger partial charge in [-0.15, -0.1) is 0 Å². The third kappa shape index (κ3) is 1.97. The standard InChI is InChI=1S/C13H18FNO2/c1-17-12-6-9(10(14)7-11(12)16)13(8-15)4-2-3-5-13/h6-7,16H,2-5,8,15H2,1H3. The summed E-state index contributed by atoms with van der Waals surface area (Å²) in [7, 11) is 1.46. The van der Waals surface area contributed by atoms with E-state index in [9.17, 15) is 9.50 Å². The Morgan fingerprint density at radius 3 is 2.59 bits per heavy atom. The van der Waals surface area contributed by atoms with Crippen LogP contribution >= 0.6 is 0 Å². The van der Waals surface area contributed by atoms with Crippen LogP contribution in [0.15, 0.2) is 12.1 Å². The fourth-order valence-electron chi connectivity index (χ4n) is 2.75. The van der Waals surface area contributed by atoms with Crippen LogP contribution in [-0.4, -0.2) is 18.8 Å². The second kappa shape index (κ2) is 4.53. The van der Waals surface area contributed by atoms with Crippen molar-refractivity contribution in [3.8, 4) is 11.5 Å². The number of phenolic OH excluding ortho intramolecular Hbond substituents is 1. The molecule has 0 radical (unpaired) electrons. The minimum Gasteiger partial charge on any atom is -0.504 e. The number of hydrogen-bond donors (Lipinski definition) is 2. The van der Waals surface area contributed by atoms with E-state index in [2.05, 4.69) is 0 Å². The third-order valence-corrected chi connectivity index (χ3v) is 3.79. The number of nitrogens with two attached hydrogens (primary N) is 1. The van der Waals surface area contributed by atoms with Gasteiger partial charge < -0.3 is 15.6 Å². The lowest BCUT2D eigenvalue weighted by atomic mass is 9.78. The first-order valence-electron chi connectivity index (χ1n) is 5.90. The van der Waals surface area contributed by atoms with Gasteiger partial charge in [0, 0.05) is 18.0 Å². The molecule has 1 aliphatic rings. The molecular weight excluding hydrogens is 221 g/mol. The highest BCUT2D eigenvalue weighted by Crippen LogP contribution is 2.44. The zero-order chi connectivity index (χ0) is 12.5. The third-order valence-electron chi connectivity index (χ3n) is 3.79. The second-order valence-electron chi connectivity index (χ2n) is 4.70. The van der Waals surface area contributed by atoms with Gasteiger partial charge >= 0.3 is 0 Å². The Morgan fingerprint density at radius 2 is 2.06 bits per heavy atom. The van der Waals surface area contributed by atoms with Crippen molar-refractivity contribution >= 4 is 0 Å². The molecule has 1 fully saturated rings. The smallest absolute Gasteiger partial charge is 0.160 e. The van der Waals surface area contributed by atoms with Gasteiger partial charge in [0.2, 0.25) is 0 Å². The predicted octanol–water partition coefficient (Wildman–Crippen LogP) is 2.31. The predicted molar refractivity (Wildman–Crippen MR) is 63.8 cm³/mol. The van der Waals surface area contributed by atoms with Gasteiger partial charge in [-0.2, -0.15) is 0 Å². The molecular formula is C13H18FNO2. The summed E-state index contributed by atoms with van der Waals surface area (Å²) in [5.41, 5.74) is 6.12. The van der Waals surface area contributed by atoms with Gasteiger partial charge in [-0.25, -0.2) is 4.39 Å². The average Bonchev–Trinajstić information content (AvgIpc) is 2.79. The molecule has 0 amide bonds. The number of ether oxygens (including phenoxy) is 1. The van der Waals surface area contributed by atoms with E-state index in [0.717, 1.165) is 31.7 Å². The van der Waals surface area contributed by atoms with Gasteiger partial charge in [0.15, 0.2) is 11.5 Å². The van der Waals surface area contributed by atoms with Crippen molar-refractivity contribution < 1.29 is 14.2 Å². The first-order chi connectivity index (χ1) is 8.13. The number of halogens is 1. The lowest BCUT2D eigenvalue weighted by Crippen LogP contribution is -2.33. The zero-order valence-electron chi connectivity index (χ0n) is 10.0. The van der Waals surface area contributed by atoms with Crippen molar-refractivity contribution in [2.45, 2.75) is 31.1 Å². The Labute approximate surface area is 100 Å². The Kier molecular flexibility index (Phi) is 3.24. The maximum absolute atomic E-state index is 14.0. The lowest BCUT2D eigenvalue weighted by molar-refractivity contribution is 0.362. The Balaban J connectivity index is 2.50. The summed E-state index contributed by atoms with van der Waals surface area (Å²) >= 11 is 0. The molecule has 94 valence electrons. The number of rotatable bonds is 3. The van der Waals surface area contributed by atoms with Crippen molar-refractivity contribution in [1.82, 2.24) is 0 Å². The number of methoxy groups -OCH3 is 1. The molecule has 3 nitrogen and oxygen atoms in total. The maximum atomic E-state index is 14.0. The quantitative estimate of drug-likeness (QED) is 0.851. The molecule has 0 atom stereocenters. The molecule has 0 saturated heterocycles. The van der Waals surface area contributed by atoms with Crippen LogP contribution in [0.1, 0.15) is 31.2 Å². The molecule has 0 unspecified atom stereocenters. The van der Waals surface area contributed by atoms with Gasteiger partial charge in [-0.05, 0) is 24.5 Å². The highest BCUT2D eigenvalue weighted by Gasteiger charge is 2.37. The van der Waals surface area contributed by atoms with Gasteiger partial charge in [0.05, 0.1) is 7.11 Å². The monoisotopic (exact) mass is 239 g/mol. The Bertz CT molecular complexity index is 414. The van der Waals surface area contributed by atoms with E-state index in [1.807, 2.05) is 0 Å². The highest BCUT2D eigenvalue weighted by molar-refractivity contribution is 5.45. The molecule has 1 aromatic carbocycles. The van der Waals surface area contributed by atoms with Crippen LogP contribution in [0.5, 0.6) is 11.5 Å². The summed E-state index contributed by atoms with van der Waals surface area (Å²) in [6.07, 6.45) is 3.93. The van der Waals surface area contributed by atoms with Gasteiger partial charge in [-0.1, -0.05) is 12.8 Å². The summed E-state index contributed by atoms with van der Waals surface area (Å²) in [6, 6.07) is 2.70. The number of aromatic hydroxyl groups is 1. The minimum atomic E-state index is -0.393. The van der Waals surface area contributed by atoms with E-state index >= 15 is 0 Å². The number of phenols is 1. The van der Waals surface area contributed by atoms with E-state index in [4.69, 9.17) is 10.5 Å². The van der Waals surface area contributed by atoms with Crippen LogP contribution in [0, 0.1) is 5.82 Å². The average molecular weight is 239 g/mol. The van der Waals surface area contributed by atoms with Crippen LogP contribution in [0.25, 0.3) is 0 Å². The molecule has 3 N–H and O–H groups in total. The van der Waals surface area contributed by atoms with Crippen LogP contribution in [0.2, 0.25) is 0 Å². The first kappa shape index (κ1) is 12.2. The fourth-order valence-corrected chi connectivity index (χ4v) is 2.75. The van der Waals surface area contributed by atoms with Crippen LogP contribution in [0.4, 0.5) is 4.39 Å². The topological polar surface area (TPSA) is 55.5 Å². The molecule has 2 rings (SSSR count). The molecule has 1 aromatic rings. The van der Waals surface area contributed by atoms with E-state index in [1.165, 1.54) is 7.11 Å². The van der Waals surface area contributed by atoms with Crippen molar-refractivity contribution in [3.63, 3.8) is 0 Å². The van der Waals surface area contributed by atoms with Crippen LogP contribution < -0.4 is 10.5 Å². The van der Waals surface area contributed by atoms with E-state index in [1.54, 1.807) is 6.07 Å². The Morgan fingerprint density at radius 1 is 1.41 bits per heavy atom. The van der Waals surface area contributed by atoms with Crippen molar-refractivity contribution in [2.24, 2.45) is 5.73 Å². The van der Waals surface area contributed by atoms with Gasteiger partial charge in [0.1, 0.15) is 5.82 Å². The summed E-state index contributed by atoms with van der Waals surface area (Å²) in [5.74, 6) is -0.254. The number of benzene rings is 1. The molecule has 0 heterocycles. The van der Waals surface area contributed by atoms with Crippen molar-refractivity contribution in [2.75, 3.05) is 13.7 Å². The summed E-state index contributed by atoms with van der Waals surface area (Å²) in [6.45, 7) is 0.428. The summed E-state index contributed by atoms with van der Waals surface area (Å²) in [4.78, 5) is 0. The SMILES string of the molecule is COc1cc(C2(CN)CCCC2)c(F)cc1O. The van der Waals surface area contributed by atoms with E-state index in [0.29, 0.717) is 17.9 Å². The molecule has 0 spiro atoms. The summed E-state index contributed by atoms with van der Waals surface area (Å²) < 4.78 is 19.0. The largest absolute Gasteiger partial charge is 0.504 e. The molecule has 1 aliphatic carbocycles. The molecule has 0 aromatic heterocycles. The minimum absolute atomic E-state index is 0.168. The highest BCUT2D eigenvalue weighted by atomic mass is 19.1. The normalized spacial score (nSPS) is 18.3. The van der Waals surface area contributed by atoms with Gasteiger partial charge in [-0.3, -0.25) is 0 Å². The van der Waals surface area contributed by atoms with E-state index in [-0.39, 0.29) is 11.2 Å². The Hall–Kier alpha value is -1.29. The van der Waals surface area contributed by atoms with Crippen LogP contribution in [-0.2, 0) is 5.41 Å². The number of hydrogen-bond acceptors (Lipinski definition) is 3. The maximum Gasteiger partial charge on any atom is 0.160 e. The summed E-state index contributed by atoms with van der Waals surface area (Å²) in [5, 5.41) is 9.52. The lowest BCUT2D eigenvalue weighted by Gasteiger charge is -2.28. The second-order valence-corrected chi connectivity index (χ2v) is 4.70. The molecule has 4 heteroatoms. The fraction of sp³-hybridized carbons (Fsp3) is 0.538. The van der Waals surface area contributed by atoms with E-state index < -0.39 is 5.82 Å². The first-order valence-corrected chi connectivity index (χ1v) is 5.90. The van der Waals surface area contributed by atoms with Gasteiger partial charge in [0.25, 0.3) is 0 Å².